The number of rotatable bonds is 6. The van der Waals surface area contributed by atoms with Crippen molar-refractivity contribution in [2.45, 2.75) is 71.1 Å². The second-order valence-corrected chi connectivity index (χ2v) is 9.72. The zero-order valence-electron chi connectivity index (χ0n) is 18.4. The van der Waals surface area contributed by atoms with E-state index in [-0.39, 0.29) is 16.9 Å². The van der Waals surface area contributed by atoms with Crippen molar-refractivity contribution in [3.05, 3.63) is 65.2 Å². The molecule has 156 valence electrons. The van der Waals surface area contributed by atoms with Crippen molar-refractivity contribution in [3.8, 4) is 0 Å². The first-order chi connectivity index (χ1) is 13.9. The number of nitrogens with two attached hydrogens (primary N) is 1. The van der Waals surface area contributed by atoms with Crippen LogP contribution >= 0.6 is 0 Å². The molecule has 1 saturated heterocycles. The first-order valence-corrected chi connectivity index (χ1v) is 11.1. The van der Waals surface area contributed by atoms with Gasteiger partial charge in [0.05, 0.1) is 12.7 Å². The third-order valence-electron chi connectivity index (χ3n) is 8.02. The Morgan fingerprint density at radius 3 is 2.59 bits per heavy atom. The van der Waals surface area contributed by atoms with E-state index in [0.29, 0.717) is 12.6 Å². The van der Waals surface area contributed by atoms with Crippen LogP contribution in [0.1, 0.15) is 57.2 Å². The summed E-state index contributed by atoms with van der Waals surface area (Å²) >= 11 is 0. The zero-order valence-corrected chi connectivity index (χ0v) is 18.4. The smallest absolute Gasteiger partial charge is 0.0721 e. The van der Waals surface area contributed by atoms with Gasteiger partial charge in [0.15, 0.2) is 0 Å². The van der Waals surface area contributed by atoms with Crippen LogP contribution in [-0.4, -0.2) is 30.1 Å². The molecule has 3 unspecified atom stereocenters. The van der Waals surface area contributed by atoms with E-state index in [0.717, 1.165) is 31.6 Å². The molecular formula is C26H36N2O. The van der Waals surface area contributed by atoms with Gasteiger partial charge >= 0.3 is 0 Å². The molecule has 1 aliphatic heterocycles. The lowest BCUT2D eigenvalue weighted by Crippen LogP contribution is -2.64. The summed E-state index contributed by atoms with van der Waals surface area (Å²) in [7, 11) is 0. The predicted octanol–water partition coefficient (Wildman–Crippen LogP) is 5.18. The third kappa shape index (κ3) is 3.49. The van der Waals surface area contributed by atoms with E-state index in [9.17, 15) is 0 Å². The first kappa shape index (κ1) is 20.4. The fourth-order valence-electron chi connectivity index (χ4n) is 5.65. The van der Waals surface area contributed by atoms with Crippen LogP contribution in [0.15, 0.2) is 48.5 Å². The molecule has 3 atom stereocenters. The monoisotopic (exact) mass is 392 g/mol. The predicted molar refractivity (Wildman–Crippen MR) is 121 cm³/mol. The molecule has 0 amide bonds. The Morgan fingerprint density at radius 2 is 1.86 bits per heavy atom. The van der Waals surface area contributed by atoms with Crippen molar-refractivity contribution in [3.63, 3.8) is 0 Å². The van der Waals surface area contributed by atoms with Gasteiger partial charge in [0, 0.05) is 23.7 Å². The van der Waals surface area contributed by atoms with Crippen LogP contribution in [0.3, 0.4) is 0 Å². The average Bonchev–Trinajstić information content (AvgIpc) is 2.71. The average molecular weight is 393 g/mol. The van der Waals surface area contributed by atoms with Gasteiger partial charge in [-0.05, 0) is 54.0 Å². The molecule has 1 aliphatic carbocycles. The van der Waals surface area contributed by atoms with E-state index in [4.69, 9.17) is 10.5 Å². The van der Waals surface area contributed by atoms with E-state index >= 15 is 0 Å². The van der Waals surface area contributed by atoms with Gasteiger partial charge in [0.25, 0.3) is 0 Å². The van der Waals surface area contributed by atoms with Gasteiger partial charge in [-0.15, -0.1) is 0 Å². The Balaban J connectivity index is 1.53. The molecule has 2 aliphatic rings. The van der Waals surface area contributed by atoms with Crippen molar-refractivity contribution in [1.29, 1.82) is 0 Å². The molecule has 4 rings (SSSR count). The summed E-state index contributed by atoms with van der Waals surface area (Å²) in [6, 6.07) is 17.5. The maximum absolute atomic E-state index is 6.43. The van der Waals surface area contributed by atoms with Crippen molar-refractivity contribution >= 4 is 5.69 Å². The van der Waals surface area contributed by atoms with Gasteiger partial charge in [-0.25, -0.2) is 0 Å². The second kappa shape index (κ2) is 7.77. The van der Waals surface area contributed by atoms with Gasteiger partial charge in [-0.1, -0.05) is 70.2 Å². The van der Waals surface area contributed by atoms with Crippen LogP contribution in [-0.2, 0) is 23.2 Å². The molecule has 2 aromatic carbocycles. The molecule has 0 radical (unpaired) electrons. The second-order valence-electron chi connectivity index (χ2n) is 9.72. The SMILES string of the molecule is CCC(CN1CCC2(C)c3cccc(N)c3CC1C2(C)C)OCc1ccccc1. The Hall–Kier alpha value is -1.84. The highest BCUT2D eigenvalue weighted by atomic mass is 16.5. The molecule has 2 aromatic rings. The molecule has 0 aromatic heterocycles. The van der Waals surface area contributed by atoms with Gasteiger partial charge in [-0.2, -0.15) is 0 Å². The van der Waals surface area contributed by atoms with Gasteiger partial charge in [-0.3, -0.25) is 4.90 Å². The fourth-order valence-corrected chi connectivity index (χ4v) is 5.65. The number of nitrogen functional groups attached to an aromatic ring is 1. The lowest BCUT2D eigenvalue weighted by atomic mass is 9.51. The number of hydrogen-bond acceptors (Lipinski definition) is 3. The maximum atomic E-state index is 6.43. The summed E-state index contributed by atoms with van der Waals surface area (Å²) in [6.07, 6.45) is 3.50. The number of fused-ring (bicyclic) bond motifs is 4. The van der Waals surface area contributed by atoms with E-state index < -0.39 is 0 Å². The maximum Gasteiger partial charge on any atom is 0.0721 e. The molecule has 3 nitrogen and oxygen atoms in total. The first-order valence-electron chi connectivity index (χ1n) is 11.1. The van der Waals surface area contributed by atoms with E-state index in [1.54, 1.807) is 0 Å². The molecule has 29 heavy (non-hydrogen) atoms. The van der Waals surface area contributed by atoms with Gasteiger partial charge in [0.1, 0.15) is 0 Å². The zero-order chi connectivity index (χ0) is 20.6. The summed E-state index contributed by atoms with van der Waals surface area (Å²) in [6.45, 7) is 12.4. The molecule has 3 heteroatoms. The standard InChI is InChI=1S/C26H36N2O/c1-5-20(29-18-19-10-7-6-8-11-19)17-28-15-14-26(4)22-12-9-13-23(27)21(22)16-24(28)25(26,2)3/h6-13,20,24H,5,14-18,27H2,1-4H3. The Bertz CT molecular complexity index is 847. The van der Waals surface area contributed by atoms with Gasteiger partial charge < -0.3 is 10.5 Å². The minimum Gasteiger partial charge on any atom is -0.398 e. The highest BCUT2D eigenvalue weighted by molar-refractivity contribution is 5.56. The van der Waals surface area contributed by atoms with Crippen molar-refractivity contribution in [1.82, 2.24) is 4.90 Å². The number of piperidine rings is 1. The van der Waals surface area contributed by atoms with Crippen LogP contribution in [0.25, 0.3) is 0 Å². The van der Waals surface area contributed by atoms with E-state index in [1.165, 1.54) is 23.1 Å². The molecule has 0 spiro atoms. The molecule has 1 fully saturated rings. The number of likely N-dealkylation sites (tertiary alicyclic amines) is 1. The summed E-state index contributed by atoms with van der Waals surface area (Å²) in [5.74, 6) is 0. The summed E-state index contributed by atoms with van der Waals surface area (Å²) < 4.78 is 6.34. The number of benzene rings is 2. The normalized spacial score (nSPS) is 26.7. The van der Waals surface area contributed by atoms with Crippen LogP contribution < -0.4 is 5.73 Å². The number of nitrogens with zero attached hydrogens (tertiary/aromatic N) is 1. The topological polar surface area (TPSA) is 38.5 Å². The molecule has 0 saturated carbocycles. The highest BCUT2D eigenvalue weighted by Gasteiger charge is 2.56. The number of hydrogen-bond donors (Lipinski definition) is 1. The largest absolute Gasteiger partial charge is 0.398 e. The van der Waals surface area contributed by atoms with Crippen LogP contribution in [0.2, 0.25) is 0 Å². The summed E-state index contributed by atoms with van der Waals surface area (Å²) in [5.41, 5.74) is 11.9. The summed E-state index contributed by atoms with van der Waals surface area (Å²) in [4.78, 5) is 2.69. The number of anilines is 1. The van der Waals surface area contributed by atoms with Gasteiger partial charge in [0.2, 0.25) is 0 Å². The number of ether oxygens (including phenoxy) is 1. The minimum atomic E-state index is 0.170. The molecule has 1 heterocycles. The fraction of sp³-hybridized carbons (Fsp3) is 0.538. The van der Waals surface area contributed by atoms with Crippen LogP contribution in [0.5, 0.6) is 0 Å². The van der Waals surface area contributed by atoms with Crippen molar-refractivity contribution < 1.29 is 4.74 Å². The Labute approximate surface area is 176 Å². The van der Waals surface area contributed by atoms with Crippen molar-refractivity contribution in [2.24, 2.45) is 5.41 Å². The minimum absolute atomic E-state index is 0.170. The molecular weight excluding hydrogens is 356 g/mol. The third-order valence-corrected chi connectivity index (χ3v) is 8.02. The van der Waals surface area contributed by atoms with Crippen LogP contribution in [0.4, 0.5) is 5.69 Å². The Morgan fingerprint density at radius 1 is 1.10 bits per heavy atom. The lowest BCUT2D eigenvalue weighted by Gasteiger charge is -2.61. The molecule has 2 bridgehead atoms. The van der Waals surface area contributed by atoms with Crippen molar-refractivity contribution in [2.75, 3.05) is 18.8 Å². The van der Waals surface area contributed by atoms with Crippen LogP contribution in [0, 0.1) is 5.41 Å². The Kier molecular flexibility index (Phi) is 5.48. The lowest BCUT2D eigenvalue weighted by molar-refractivity contribution is -0.0689. The highest BCUT2D eigenvalue weighted by Crippen LogP contribution is 2.56. The quantitative estimate of drug-likeness (QED) is 0.689. The van der Waals surface area contributed by atoms with E-state index in [1.807, 2.05) is 0 Å². The summed E-state index contributed by atoms with van der Waals surface area (Å²) in [5, 5.41) is 0. The molecule has 2 N–H and O–H groups in total. The van der Waals surface area contributed by atoms with E-state index in [2.05, 4.69) is 81.1 Å².